The molecule has 2 heterocycles. The summed E-state index contributed by atoms with van der Waals surface area (Å²) in [5, 5.41) is 8.78. The Morgan fingerprint density at radius 1 is 1.40 bits per heavy atom. The van der Waals surface area contributed by atoms with Crippen molar-refractivity contribution >= 4 is 33.5 Å². The van der Waals surface area contributed by atoms with Crippen LogP contribution in [-0.4, -0.2) is 17.6 Å². The van der Waals surface area contributed by atoms with E-state index in [-0.39, 0.29) is 6.03 Å². The molecule has 0 radical (unpaired) electrons. The predicted octanol–water partition coefficient (Wildman–Crippen LogP) is 3.70. The molecule has 0 spiro atoms. The highest BCUT2D eigenvalue weighted by Gasteiger charge is 2.11. The number of urea groups is 1. The van der Waals surface area contributed by atoms with E-state index in [0.29, 0.717) is 17.4 Å². The minimum absolute atomic E-state index is 0.252. The fourth-order valence-corrected chi connectivity index (χ4v) is 2.55. The molecule has 0 bridgehead atoms. The highest BCUT2D eigenvalue weighted by atomic mass is 32.1. The molecule has 2 aromatic heterocycles. The van der Waals surface area contributed by atoms with E-state index in [1.807, 2.05) is 42.6 Å². The van der Waals surface area contributed by atoms with Crippen molar-refractivity contribution in [1.29, 1.82) is 0 Å². The summed E-state index contributed by atoms with van der Waals surface area (Å²) in [6.07, 6.45) is 0. The van der Waals surface area contributed by atoms with E-state index in [1.165, 1.54) is 11.3 Å². The molecule has 6 heteroatoms. The summed E-state index contributed by atoms with van der Waals surface area (Å²) < 4.78 is 5.74. The average Bonchev–Trinajstić information content (AvgIpc) is 3.04. The monoisotopic (exact) mass is 287 g/mol. The van der Waals surface area contributed by atoms with Crippen LogP contribution in [0, 0.1) is 0 Å². The molecular formula is C14H13N3O2S. The molecule has 0 aliphatic rings. The van der Waals surface area contributed by atoms with Crippen LogP contribution in [0.3, 0.4) is 0 Å². The lowest BCUT2D eigenvalue weighted by Crippen LogP contribution is -2.28. The van der Waals surface area contributed by atoms with Crippen LogP contribution in [0.4, 0.5) is 9.93 Å². The van der Waals surface area contributed by atoms with Gasteiger partial charge in [0, 0.05) is 17.3 Å². The second-order valence-corrected chi connectivity index (χ2v) is 5.03. The predicted molar refractivity (Wildman–Crippen MR) is 80.0 cm³/mol. The Morgan fingerprint density at radius 2 is 2.25 bits per heavy atom. The van der Waals surface area contributed by atoms with Crippen LogP contribution in [0.15, 0.2) is 40.1 Å². The summed E-state index contributed by atoms with van der Waals surface area (Å²) >= 11 is 1.37. The molecule has 0 saturated heterocycles. The van der Waals surface area contributed by atoms with Crippen molar-refractivity contribution < 1.29 is 9.21 Å². The highest BCUT2D eigenvalue weighted by molar-refractivity contribution is 7.14. The minimum atomic E-state index is -0.252. The van der Waals surface area contributed by atoms with Crippen molar-refractivity contribution in [1.82, 2.24) is 10.3 Å². The lowest BCUT2D eigenvalue weighted by atomic mass is 10.2. The second-order valence-electron chi connectivity index (χ2n) is 4.17. The number of carbonyl (C=O) groups excluding carboxylic acids is 1. The molecular weight excluding hydrogens is 274 g/mol. The Balaban J connectivity index is 1.84. The molecule has 0 aliphatic heterocycles. The molecule has 102 valence electrons. The van der Waals surface area contributed by atoms with Gasteiger partial charge in [-0.25, -0.2) is 9.78 Å². The van der Waals surface area contributed by atoms with Crippen molar-refractivity contribution in [2.45, 2.75) is 6.92 Å². The third-order valence-electron chi connectivity index (χ3n) is 2.74. The van der Waals surface area contributed by atoms with Gasteiger partial charge in [0.1, 0.15) is 11.3 Å². The minimum Gasteiger partial charge on any atom is -0.454 e. The Kier molecular flexibility index (Phi) is 3.39. The van der Waals surface area contributed by atoms with Gasteiger partial charge in [-0.15, -0.1) is 11.3 Å². The Hall–Kier alpha value is -2.34. The summed E-state index contributed by atoms with van der Waals surface area (Å²) in [6.45, 7) is 2.44. The van der Waals surface area contributed by atoms with Crippen LogP contribution in [-0.2, 0) is 0 Å². The van der Waals surface area contributed by atoms with E-state index in [1.54, 1.807) is 0 Å². The third kappa shape index (κ3) is 2.50. The molecule has 2 N–H and O–H groups in total. The molecule has 20 heavy (non-hydrogen) atoms. The number of fused-ring (bicyclic) bond motifs is 1. The van der Waals surface area contributed by atoms with Gasteiger partial charge in [-0.1, -0.05) is 18.2 Å². The van der Waals surface area contributed by atoms with Crippen molar-refractivity contribution in [2.24, 2.45) is 0 Å². The lowest BCUT2D eigenvalue weighted by molar-refractivity contribution is 0.252. The number of thiazole rings is 1. The number of para-hydroxylation sites is 1. The molecule has 3 aromatic rings. The average molecular weight is 287 g/mol. The Labute approximate surface area is 119 Å². The molecule has 0 saturated carbocycles. The maximum atomic E-state index is 11.4. The number of carbonyl (C=O) groups is 1. The van der Waals surface area contributed by atoms with E-state index < -0.39 is 0 Å². The SMILES string of the molecule is CCNC(=O)Nc1nc(-c2cc3ccccc3o2)cs1. The van der Waals surface area contributed by atoms with Crippen molar-refractivity contribution in [3.05, 3.63) is 35.7 Å². The molecule has 5 nitrogen and oxygen atoms in total. The number of aromatic nitrogens is 1. The summed E-state index contributed by atoms with van der Waals surface area (Å²) in [4.78, 5) is 15.8. The normalized spacial score (nSPS) is 10.7. The largest absolute Gasteiger partial charge is 0.454 e. The summed E-state index contributed by atoms with van der Waals surface area (Å²) in [5.41, 5.74) is 1.55. The number of anilines is 1. The van der Waals surface area contributed by atoms with E-state index in [9.17, 15) is 4.79 Å². The lowest BCUT2D eigenvalue weighted by Gasteiger charge is -2.00. The van der Waals surface area contributed by atoms with E-state index >= 15 is 0 Å². The maximum Gasteiger partial charge on any atom is 0.321 e. The fraction of sp³-hybridized carbons (Fsp3) is 0.143. The van der Waals surface area contributed by atoms with Crippen molar-refractivity contribution in [3.63, 3.8) is 0 Å². The zero-order valence-corrected chi connectivity index (χ0v) is 11.7. The van der Waals surface area contributed by atoms with Crippen molar-refractivity contribution in [3.8, 4) is 11.5 Å². The number of hydrogen-bond acceptors (Lipinski definition) is 4. The number of rotatable bonds is 3. The van der Waals surface area contributed by atoms with Gasteiger partial charge in [-0.05, 0) is 19.1 Å². The van der Waals surface area contributed by atoms with Gasteiger partial charge in [0.15, 0.2) is 10.9 Å². The fourth-order valence-electron chi connectivity index (χ4n) is 1.85. The number of amides is 2. The van der Waals surface area contributed by atoms with E-state index in [2.05, 4.69) is 15.6 Å². The maximum absolute atomic E-state index is 11.4. The van der Waals surface area contributed by atoms with Crippen LogP contribution in [0.2, 0.25) is 0 Å². The second kappa shape index (κ2) is 5.34. The van der Waals surface area contributed by atoms with Crippen LogP contribution < -0.4 is 10.6 Å². The van der Waals surface area contributed by atoms with Crippen LogP contribution in [0.1, 0.15) is 6.92 Å². The first kappa shape index (κ1) is 12.7. The molecule has 2 amide bonds. The van der Waals surface area contributed by atoms with Gasteiger partial charge in [-0.3, -0.25) is 5.32 Å². The quantitative estimate of drug-likeness (QED) is 0.772. The Bertz CT molecular complexity index is 715. The first-order valence-corrected chi connectivity index (χ1v) is 7.13. The van der Waals surface area contributed by atoms with Crippen molar-refractivity contribution in [2.75, 3.05) is 11.9 Å². The van der Waals surface area contributed by atoms with Crippen LogP contribution in [0.5, 0.6) is 0 Å². The standard InChI is InChI=1S/C14H13N3O2S/c1-2-15-13(18)17-14-16-10(8-20-14)12-7-9-5-3-4-6-11(9)19-12/h3-8H,2H2,1H3,(H2,15,16,17,18). The molecule has 0 aliphatic carbocycles. The third-order valence-corrected chi connectivity index (χ3v) is 3.50. The highest BCUT2D eigenvalue weighted by Crippen LogP contribution is 2.29. The summed E-state index contributed by atoms with van der Waals surface area (Å²) in [7, 11) is 0. The topological polar surface area (TPSA) is 67.2 Å². The molecule has 0 atom stereocenters. The molecule has 0 unspecified atom stereocenters. The first-order chi connectivity index (χ1) is 9.76. The van der Waals surface area contributed by atoms with Gasteiger partial charge in [0.2, 0.25) is 0 Å². The number of hydrogen-bond donors (Lipinski definition) is 2. The van der Waals surface area contributed by atoms with E-state index in [4.69, 9.17) is 4.42 Å². The van der Waals surface area contributed by atoms with Crippen LogP contribution >= 0.6 is 11.3 Å². The molecule has 1 aromatic carbocycles. The molecule has 0 fully saturated rings. The van der Waals surface area contributed by atoms with Gasteiger partial charge in [-0.2, -0.15) is 0 Å². The van der Waals surface area contributed by atoms with Crippen LogP contribution in [0.25, 0.3) is 22.4 Å². The number of furan rings is 1. The smallest absolute Gasteiger partial charge is 0.321 e. The zero-order valence-electron chi connectivity index (χ0n) is 10.8. The first-order valence-electron chi connectivity index (χ1n) is 6.25. The zero-order chi connectivity index (χ0) is 13.9. The number of nitrogens with one attached hydrogen (secondary N) is 2. The summed E-state index contributed by atoms with van der Waals surface area (Å²) in [5.74, 6) is 0.700. The van der Waals surface area contributed by atoms with Gasteiger partial charge in [0.05, 0.1) is 0 Å². The van der Waals surface area contributed by atoms with E-state index in [0.717, 1.165) is 16.7 Å². The number of benzene rings is 1. The number of nitrogens with zero attached hydrogens (tertiary/aromatic N) is 1. The van der Waals surface area contributed by atoms with Gasteiger partial charge in [0.25, 0.3) is 0 Å². The molecule has 3 rings (SSSR count). The van der Waals surface area contributed by atoms with Gasteiger partial charge >= 0.3 is 6.03 Å². The summed E-state index contributed by atoms with van der Waals surface area (Å²) in [6, 6.07) is 9.49. The Morgan fingerprint density at radius 3 is 3.05 bits per heavy atom. The van der Waals surface area contributed by atoms with Gasteiger partial charge < -0.3 is 9.73 Å².